The van der Waals surface area contributed by atoms with E-state index >= 15 is 0 Å². The molecule has 0 fully saturated rings. The smallest absolute Gasteiger partial charge is 0.234 e. The molecule has 0 unspecified atom stereocenters. The minimum Gasteiger partial charge on any atom is -0.490 e. The van der Waals surface area contributed by atoms with Crippen molar-refractivity contribution in [2.24, 2.45) is 0 Å². The summed E-state index contributed by atoms with van der Waals surface area (Å²) in [6.45, 7) is 1.25. The monoisotopic (exact) mass is 347 g/mol. The number of nitrogens with one attached hydrogen (secondary N) is 1. The van der Waals surface area contributed by atoms with Crippen molar-refractivity contribution >= 4 is 23.4 Å². The molecule has 1 aliphatic rings. The second-order valence-corrected chi connectivity index (χ2v) is 6.37. The third-order valence-corrected chi connectivity index (χ3v) is 4.45. The number of ether oxygens (including phenoxy) is 2. The summed E-state index contributed by atoms with van der Waals surface area (Å²) < 4.78 is 24.0. The number of carbonyl (C=O) groups is 1. The van der Waals surface area contributed by atoms with Gasteiger partial charge in [-0.25, -0.2) is 4.39 Å². The van der Waals surface area contributed by atoms with Crippen molar-refractivity contribution in [1.29, 1.82) is 0 Å². The Morgan fingerprint density at radius 3 is 2.62 bits per heavy atom. The Kier molecular flexibility index (Phi) is 5.59. The van der Waals surface area contributed by atoms with Gasteiger partial charge in [0.1, 0.15) is 5.82 Å². The van der Waals surface area contributed by atoms with Crippen LogP contribution in [0.15, 0.2) is 42.5 Å². The largest absolute Gasteiger partial charge is 0.490 e. The van der Waals surface area contributed by atoms with Crippen LogP contribution in [0, 0.1) is 5.82 Å². The highest BCUT2D eigenvalue weighted by Gasteiger charge is 2.12. The molecule has 24 heavy (non-hydrogen) atoms. The molecule has 1 N–H and O–H groups in total. The molecule has 126 valence electrons. The van der Waals surface area contributed by atoms with E-state index in [1.54, 1.807) is 24.3 Å². The lowest BCUT2D eigenvalue weighted by Gasteiger charge is -2.10. The van der Waals surface area contributed by atoms with Gasteiger partial charge in [-0.1, -0.05) is 12.1 Å². The molecule has 1 aliphatic heterocycles. The molecule has 2 aromatic carbocycles. The van der Waals surface area contributed by atoms with Crippen molar-refractivity contribution in [3.63, 3.8) is 0 Å². The predicted molar refractivity (Wildman–Crippen MR) is 93.2 cm³/mol. The maximum absolute atomic E-state index is 12.8. The van der Waals surface area contributed by atoms with Crippen LogP contribution in [0.2, 0.25) is 0 Å². The van der Waals surface area contributed by atoms with E-state index in [9.17, 15) is 9.18 Å². The highest BCUT2D eigenvalue weighted by Crippen LogP contribution is 2.32. The topological polar surface area (TPSA) is 47.6 Å². The molecule has 0 atom stereocenters. The molecule has 4 nitrogen and oxygen atoms in total. The van der Waals surface area contributed by atoms with Crippen LogP contribution in [0.3, 0.4) is 0 Å². The van der Waals surface area contributed by atoms with Crippen molar-refractivity contribution in [3.05, 3.63) is 53.8 Å². The first-order chi connectivity index (χ1) is 11.7. The normalized spacial score (nSPS) is 13.2. The Morgan fingerprint density at radius 1 is 1.08 bits per heavy atom. The number of fused-ring (bicyclic) bond motifs is 1. The van der Waals surface area contributed by atoms with Crippen molar-refractivity contribution in [1.82, 2.24) is 0 Å². The zero-order chi connectivity index (χ0) is 16.8. The number of benzene rings is 2. The van der Waals surface area contributed by atoms with Gasteiger partial charge in [-0.3, -0.25) is 4.79 Å². The Morgan fingerprint density at radius 2 is 1.83 bits per heavy atom. The average Bonchev–Trinajstić information content (AvgIpc) is 2.81. The summed E-state index contributed by atoms with van der Waals surface area (Å²) in [5, 5.41) is 2.85. The first-order valence-corrected chi connectivity index (χ1v) is 8.88. The molecule has 1 heterocycles. The van der Waals surface area contributed by atoms with Crippen LogP contribution in [-0.4, -0.2) is 24.9 Å². The molecule has 2 aromatic rings. The fraction of sp³-hybridized carbons (Fsp3) is 0.278. The van der Waals surface area contributed by atoms with Crippen LogP contribution in [0.25, 0.3) is 0 Å². The molecule has 0 radical (unpaired) electrons. The molecule has 6 heteroatoms. The Labute approximate surface area is 144 Å². The van der Waals surface area contributed by atoms with Gasteiger partial charge in [-0.05, 0) is 29.8 Å². The van der Waals surface area contributed by atoms with Gasteiger partial charge in [0.25, 0.3) is 0 Å². The average molecular weight is 347 g/mol. The molecule has 0 aromatic heterocycles. The molecule has 1 amide bonds. The SMILES string of the molecule is O=C(CSCc1ccc(F)cc1)Nc1ccc2c(c1)OCCCO2. The number of hydrogen-bond donors (Lipinski definition) is 1. The third kappa shape index (κ3) is 4.64. The summed E-state index contributed by atoms with van der Waals surface area (Å²) in [4.78, 5) is 12.0. The standard InChI is InChI=1S/C18H18FNO3S/c19-14-4-2-13(3-5-14)11-24-12-18(21)20-15-6-7-16-17(10-15)23-9-1-8-22-16/h2-7,10H,1,8-9,11-12H2,(H,20,21). The summed E-state index contributed by atoms with van der Waals surface area (Å²) in [6.07, 6.45) is 0.844. The van der Waals surface area contributed by atoms with Crippen LogP contribution in [-0.2, 0) is 10.5 Å². The van der Waals surface area contributed by atoms with E-state index in [1.165, 1.54) is 23.9 Å². The van der Waals surface area contributed by atoms with Gasteiger partial charge in [-0.2, -0.15) is 0 Å². The second-order valence-electron chi connectivity index (χ2n) is 5.38. The van der Waals surface area contributed by atoms with E-state index in [0.717, 1.165) is 12.0 Å². The summed E-state index contributed by atoms with van der Waals surface area (Å²) in [5.41, 5.74) is 1.68. The molecular formula is C18H18FNO3S. The highest BCUT2D eigenvalue weighted by atomic mass is 32.2. The quantitative estimate of drug-likeness (QED) is 0.892. The second kappa shape index (κ2) is 8.06. The van der Waals surface area contributed by atoms with Gasteiger partial charge in [-0.15, -0.1) is 11.8 Å². The molecule has 0 bridgehead atoms. The maximum Gasteiger partial charge on any atom is 0.234 e. The first-order valence-electron chi connectivity index (χ1n) is 7.72. The van der Waals surface area contributed by atoms with Crippen LogP contribution in [0.5, 0.6) is 11.5 Å². The van der Waals surface area contributed by atoms with Gasteiger partial charge >= 0.3 is 0 Å². The number of amides is 1. The number of thioether (sulfide) groups is 1. The minimum absolute atomic E-state index is 0.0865. The van der Waals surface area contributed by atoms with Crippen molar-refractivity contribution in [3.8, 4) is 11.5 Å². The maximum atomic E-state index is 12.8. The van der Waals surface area contributed by atoms with Crippen LogP contribution < -0.4 is 14.8 Å². The molecule has 0 aliphatic carbocycles. The molecule has 0 saturated carbocycles. The van der Waals surface area contributed by atoms with Crippen LogP contribution >= 0.6 is 11.8 Å². The number of anilines is 1. The van der Waals surface area contributed by atoms with E-state index in [2.05, 4.69) is 5.32 Å². The lowest BCUT2D eigenvalue weighted by atomic mass is 10.2. The van der Waals surface area contributed by atoms with Gasteiger partial charge < -0.3 is 14.8 Å². The van der Waals surface area contributed by atoms with E-state index < -0.39 is 0 Å². The Balaban J connectivity index is 1.49. The van der Waals surface area contributed by atoms with Gasteiger partial charge in [0.05, 0.1) is 19.0 Å². The number of carbonyl (C=O) groups excluding carboxylic acids is 1. The fourth-order valence-corrected chi connectivity index (χ4v) is 3.07. The lowest BCUT2D eigenvalue weighted by Crippen LogP contribution is -2.14. The third-order valence-electron chi connectivity index (χ3n) is 3.45. The van der Waals surface area contributed by atoms with Gasteiger partial charge in [0, 0.05) is 23.9 Å². The fourth-order valence-electron chi connectivity index (χ4n) is 2.28. The summed E-state index contributed by atoms with van der Waals surface area (Å²) >= 11 is 1.48. The van der Waals surface area contributed by atoms with Crippen molar-refractivity contribution in [2.75, 3.05) is 24.3 Å². The van der Waals surface area contributed by atoms with E-state index in [-0.39, 0.29) is 11.7 Å². The predicted octanol–water partition coefficient (Wildman–Crippen LogP) is 3.86. The zero-order valence-corrected chi connectivity index (χ0v) is 13.9. The van der Waals surface area contributed by atoms with E-state index in [4.69, 9.17) is 9.47 Å². The lowest BCUT2D eigenvalue weighted by molar-refractivity contribution is -0.113. The van der Waals surface area contributed by atoms with Crippen molar-refractivity contribution in [2.45, 2.75) is 12.2 Å². The van der Waals surface area contributed by atoms with Gasteiger partial charge in [0.15, 0.2) is 11.5 Å². The Bertz CT molecular complexity index is 706. The minimum atomic E-state index is -0.254. The molecule has 0 spiro atoms. The zero-order valence-electron chi connectivity index (χ0n) is 13.1. The molecule has 0 saturated heterocycles. The van der Waals surface area contributed by atoms with Crippen molar-refractivity contribution < 1.29 is 18.7 Å². The van der Waals surface area contributed by atoms with Crippen LogP contribution in [0.4, 0.5) is 10.1 Å². The number of hydrogen-bond acceptors (Lipinski definition) is 4. The summed E-state index contributed by atoms with van der Waals surface area (Å²) in [6, 6.07) is 11.7. The van der Waals surface area contributed by atoms with Gasteiger partial charge in [0.2, 0.25) is 5.91 Å². The Hall–Kier alpha value is -2.21. The van der Waals surface area contributed by atoms with E-state index in [1.807, 2.05) is 6.07 Å². The number of halogens is 1. The molecular weight excluding hydrogens is 329 g/mol. The van der Waals surface area contributed by atoms with E-state index in [0.29, 0.717) is 41.9 Å². The summed E-state index contributed by atoms with van der Waals surface area (Å²) in [7, 11) is 0. The first kappa shape index (κ1) is 16.6. The molecule has 3 rings (SSSR count). The summed E-state index contributed by atoms with van der Waals surface area (Å²) in [5.74, 6) is 2.01. The number of rotatable bonds is 5. The highest BCUT2D eigenvalue weighted by molar-refractivity contribution is 7.99. The van der Waals surface area contributed by atoms with Crippen LogP contribution in [0.1, 0.15) is 12.0 Å².